The van der Waals surface area contributed by atoms with Crippen molar-refractivity contribution in [1.29, 1.82) is 0 Å². The topological polar surface area (TPSA) is 42.7 Å². The van der Waals surface area contributed by atoms with Crippen LogP contribution in [0, 0.1) is 0 Å². The molecule has 0 unspecified atom stereocenters. The van der Waals surface area contributed by atoms with E-state index < -0.39 is 0 Å². The monoisotopic (exact) mass is 349 g/mol. The molecule has 4 nitrogen and oxygen atoms in total. The highest BCUT2D eigenvalue weighted by atomic mass is 16.5. The number of para-hydroxylation sites is 1. The number of rotatable bonds is 4. The highest BCUT2D eigenvalue weighted by Crippen LogP contribution is 2.40. The van der Waals surface area contributed by atoms with Gasteiger partial charge in [-0.1, -0.05) is 18.2 Å². The number of hydrogen-bond donors (Lipinski definition) is 0. The zero-order valence-corrected chi connectivity index (χ0v) is 15.2. The van der Waals surface area contributed by atoms with Gasteiger partial charge in [0.15, 0.2) is 22.9 Å². The molecule has 0 amide bonds. The number of methoxy groups -OCH3 is 1. The number of hydrogen-bond acceptors (Lipinski definition) is 4. The third-order valence-electron chi connectivity index (χ3n) is 5.11. The van der Waals surface area contributed by atoms with Gasteiger partial charge in [-0.25, -0.2) is 0 Å². The smallest absolute Gasteiger partial charge is 0.194 e. The van der Waals surface area contributed by atoms with E-state index >= 15 is 0 Å². The van der Waals surface area contributed by atoms with E-state index in [9.17, 15) is 4.79 Å². The summed E-state index contributed by atoms with van der Waals surface area (Å²) in [6.45, 7) is 3.69. The van der Waals surface area contributed by atoms with Gasteiger partial charge in [-0.2, -0.15) is 0 Å². The fraction of sp³-hybridized carbons (Fsp3) is 0.318. The van der Waals surface area contributed by atoms with Crippen molar-refractivity contribution < 1.29 is 13.9 Å². The molecule has 0 aliphatic carbocycles. The molecule has 0 radical (unpaired) electrons. The summed E-state index contributed by atoms with van der Waals surface area (Å²) in [4.78, 5) is 14.3. The lowest BCUT2D eigenvalue weighted by Gasteiger charge is -2.30. The van der Waals surface area contributed by atoms with E-state index in [1.807, 2.05) is 12.1 Å². The maximum atomic E-state index is 11.8. The summed E-state index contributed by atoms with van der Waals surface area (Å²) >= 11 is 0. The van der Waals surface area contributed by atoms with E-state index in [1.165, 1.54) is 31.9 Å². The summed E-state index contributed by atoms with van der Waals surface area (Å²) < 4.78 is 11.3. The van der Waals surface area contributed by atoms with Crippen molar-refractivity contribution in [3.05, 3.63) is 48.2 Å². The number of piperidine rings is 1. The highest BCUT2D eigenvalue weighted by Gasteiger charge is 2.20. The van der Waals surface area contributed by atoms with E-state index in [2.05, 4.69) is 35.2 Å². The van der Waals surface area contributed by atoms with Crippen molar-refractivity contribution in [2.24, 2.45) is 0 Å². The Morgan fingerprint density at radius 2 is 1.81 bits per heavy atom. The Kier molecular flexibility index (Phi) is 4.41. The molecule has 1 aliphatic rings. The molecule has 0 spiro atoms. The van der Waals surface area contributed by atoms with Gasteiger partial charge >= 0.3 is 0 Å². The summed E-state index contributed by atoms with van der Waals surface area (Å²) in [5.41, 5.74) is 4.10. The molecule has 0 saturated carbocycles. The zero-order valence-electron chi connectivity index (χ0n) is 15.2. The molecule has 1 fully saturated rings. The fourth-order valence-corrected chi connectivity index (χ4v) is 3.78. The second kappa shape index (κ2) is 6.87. The van der Waals surface area contributed by atoms with Gasteiger partial charge in [-0.3, -0.25) is 4.79 Å². The van der Waals surface area contributed by atoms with Crippen LogP contribution < -0.4 is 9.64 Å². The Morgan fingerprint density at radius 3 is 2.54 bits per heavy atom. The Morgan fingerprint density at radius 1 is 1.04 bits per heavy atom. The molecule has 2 heterocycles. The van der Waals surface area contributed by atoms with Gasteiger partial charge in [0, 0.05) is 36.7 Å². The molecule has 4 rings (SSSR count). The minimum atomic E-state index is -0.0847. The first-order valence-electron chi connectivity index (χ1n) is 9.15. The van der Waals surface area contributed by atoms with Crippen LogP contribution in [0.5, 0.6) is 5.75 Å². The average molecular weight is 349 g/mol. The van der Waals surface area contributed by atoms with Gasteiger partial charge in [0.25, 0.3) is 0 Å². The Labute approximate surface area is 153 Å². The molecule has 0 N–H and O–H groups in total. The van der Waals surface area contributed by atoms with Crippen LogP contribution in [0.4, 0.5) is 5.69 Å². The van der Waals surface area contributed by atoms with Crippen LogP contribution in [-0.2, 0) is 0 Å². The standard InChI is InChI=1S/C22H23NO3/c1-15(24)21-14-18-16(10-11-20(25-2)22(18)26-21)17-8-4-5-9-19(17)23-12-6-3-7-13-23/h4-5,8-11,14H,3,6-7,12-13H2,1-2H3. The van der Waals surface area contributed by atoms with Crippen molar-refractivity contribution in [2.75, 3.05) is 25.1 Å². The number of fused-ring (bicyclic) bond motifs is 1. The molecule has 4 heteroatoms. The Balaban J connectivity index is 1.91. The number of nitrogens with zero attached hydrogens (tertiary/aromatic N) is 1. The van der Waals surface area contributed by atoms with E-state index in [0.29, 0.717) is 17.1 Å². The van der Waals surface area contributed by atoms with Gasteiger partial charge in [0.1, 0.15) is 0 Å². The quantitative estimate of drug-likeness (QED) is 0.599. The van der Waals surface area contributed by atoms with Crippen molar-refractivity contribution in [2.45, 2.75) is 26.2 Å². The van der Waals surface area contributed by atoms with Crippen LogP contribution in [0.15, 0.2) is 46.9 Å². The first-order valence-corrected chi connectivity index (χ1v) is 9.15. The molecule has 2 aromatic carbocycles. The van der Waals surface area contributed by atoms with Crippen molar-refractivity contribution in [1.82, 2.24) is 0 Å². The van der Waals surface area contributed by atoms with Crippen LogP contribution in [-0.4, -0.2) is 26.0 Å². The third-order valence-corrected chi connectivity index (χ3v) is 5.11. The van der Waals surface area contributed by atoms with Crippen LogP contribution in [0.3, 0.4) is 0 Å². The predicted octanol–water partition coefficient (Wildman–Crippen LogP) is 5.30. The van der Waals surface area contributed by atoms with Gasteiger partial charge < -0.3 is 14.1 Å². The molecular formula is C22H23NO3. The molecule has 1 aromatic heterocycles. The zero-order chi connectivity index (χ0) is 18.1. The van der Waals surface area contributed by atoms with Crippen molar-refractivity contribution >= 4 is 22.4 Å². The Bertz CT molecular complexity index is 951. The normalized spacial score (nSPS) is 14.6. The molecule has 0 atom stereocenters. The SMILES string of the molecule is COc1ccc(-c2ccccc2N2CCCCC2)c2cc(C(C)=O)oc12. The molecule has 1 saturated heterocycles. The predicted molar refractivity (Wildman–Crippen MR) is 104 cm³/mol. The fourth-order valence-electron chi connectivity index (χ4n) is 3.78. The highest BCUT2D eigenvalue weighted by molar-refractivity contribution is 6.04. The number of ketones is 1. The van der Waals surface area contributed by atoms with Crippen LogP contribution in [0.25, 0.3) is 22.1 Å². The van der Waals surface area contributed by atoms with Gasteiger partial charge in [-0.05, 0) is 49.1 Å². The lowest BCUT2D eigenvalue weighted by molar-refractivity contribution is 0.0989. The van der Waals surface area contributed by atoms with Gasteiger partial charge in [0.05, 0.1) is 7.11 Å². The summed E-state index contributed by atoms with van der Waals surface area (Å²) in [6.07, 6.45) is 3.76. The van der Waals surface area contributed by atoms with E-state index in [1.54, 1.807) is 7.11 Å². The number of Topliss-reactive ketones (excluding diaryl/α,β-unsaturated/α-hetero) is 1. The first-order chi connectivity index (χ1) is 12.7. The minimum absolute atomic E-state index is 0.0847. The number of carbonyl (C=O) groups excluding carboxylic acids is 1. The maximum absolute atomic E-state index is 11.8. The lowest BCUT2D eigenvalue weighted by Crippen LogP contribution is -2.29. The second-order valence-corrected chi connectivity index (χ2v) is 6.79. The lowest BCUT2D eigenvalue weighted by atomic mass is 9.98. The number of carbonyl (C=O) groups is 1. The van der Waals surface area contributed by atoms with Crippen molar-refractivity contribution in [3.63, 3.8) is 0 Å². The van der Waals surface area contributed by atoms with E-state index in [0.717, 1.165) is 29.6 Å². The van der Waals surface area contributed by atoms with Crippen molar-refractivity contribution in [3.8, 4) is 16.9 Å². The largest absolute Gasteiger partial charge is 0.493 e. The molecule has 0 bridgehead atoms. The number of benzene rings is 2. The molecular weight excluding hydrogens is 326 g/mol. The van der Waals surface area contributed by atoms with Crippen LogP contribution >= 0.6 is 0 Å². The molecule has 1 aliphatic heterocycles. The molecule has 26 heavy (non-hydrogen) atoms. The minimum Gasteiger partial charge on any atom is -0.493 e. The van der Waals surface area contributed by atoms with E-state index in [4.69, 9.17) is 9.15 Å². The summed E-state index contributed by atoms with van der Waals surface area (Å²) in [6, 6.07) is 14.3. The third kappa shape index (κ3) is 2.85. The van der Waals surface area contributed by atoms with Crippen LogP contribution in [0.1, 0.15) is 36.7 Å². The Hall–Kier alpha value is -2.75. The van der Waals surface area contributed by atoms with Gasteiger partial charge in [0.2, 0.25) is 0 Å². The van der Waals surface area contributed by atoms with Gasteiger partial charge in [-0.15, -0.1) is 0 Å². The van der Waals surface area contributed by atoms with E-state index in [-0.39, 0.29) is 5.78 Å². The number of furan rings is 1. The maximum Gasteiger partial charge on any atom is 0.194 e. The number of anilines is 1. The first kappa shape index (κ1) is 16.7. The second-order valence-electron chi connectivity index (χ2n) is 6.79. The summed E-state index contributed by atoms with van der Waals surface area (Å²) in [5.74, 6) is 0.923. The molecule has 134 valence electrons. The molecule has 3 aromatic rings. The number of ether oxygens (including phenoxy) is 1. The summed E-state index contributed by atoms with van der Waals surface area (Å²) in [5, 5.41) is 0.916. The average Bonchev–Trinajstić information content (AvgIpc) is 3.14. The summed E-state index contributed by atoms with van der Waals surface area (Å²) in [7, 11) is 1.62. The van der Waals surface area contributed by atoms with Crippen LogP contribution in [0.2, 0.25) is 0 Å².